The van der Waals surface area contributed by atoms with Crippen LogP contribution in [0.5, 0.6) is 0 Å². The summed E-state index contributed by atoms with van der Waals surface area (Å²) in [6.45, 7) is 3.39. The van der Waals surface area contributed by atoms with Gasteiger partial charge in [0.05, 0.1) is 17.1 Å². The van der Waals surface area contributed by atoms with Crippen LogP contribution in [0.1, 0.15) is 12.0 Å². The lowest BCUT2D eigenvalue weighted by molar-refractivity contribution is -0.131. The van der Waals surface area contributed by atoms with Gasteiger partial charge < -0.3 is 14.2 Å². The highest BCUT2D eigenvalue weighted by Crippen LogP contribution is 2.25. The quantitative estimate of drug-likeness (QED) is 0.710. The van der Waals surface area contributed by atoms with Gasteiger partial charge in [0, 0.05) is 38.2 Å². The maximum atomic E-state index is 13.6. The van der Waals surface area contributed by atoms with Gasteiger partial charge in [-0.2, -0.15) is 0 Å². The molecular weight excluding hydrogens is 345 g/mol. The first-order valence-corrected chi connectivity index (χ1v) is 9.07. The third-order valence-electron chi connectivity index (χ3n) is 5.25. The molecule has 1 aliphatic heterocycles. The van der Waals surface area contributed by atoms with E-state index in [0.717, 1.165) is 35.1 Å². The number of hydrogen-bond donors (Lipinski definition) is 0. The van der Waals surface area contributed by atoms with Gasteiger partial charge in [0.2, 0.25) is 5.91 Å². The molecule has 0 N–H and O–H groups in total. The van der Waals surface area contributed by atoms with E-state index in [1.807, 2.05) is 33.9 Å². The predicted molar refractivity (Wildman–Crippen MR) is 102 cm³/mol. The Labute approximate surface area is 157 Å². The number of benzene rings is 1. The molecule has 2 aromatic heterocycles. The van der Waals surface area contributed by atoms with Gasteiger partial charge in [0.1, 0.15) is 12.4 Å². The fourth-order valence-electron chi connectivity index (χ4n) is 3.58. The van der Waals surface area contributed by atoms with E-state index in [0.29, 0.717) is 12.1 Å². The summed E-state index contributed by atoms with van der Waals surface area (Å²) in [5.41, 5.74) is 4.13. The highest BCUT2D eigenvalue weighted by Gasteiger charge is 2.26. The lowest BCUT2D eigenvalue weighted by Crippen LogP contribution is -2.32. The van der Waals surface area contributed by atoms with Crippen LogP contribution >= 0.6 is 0 Å². The van der Waals surface area contributed by atoms with Crippen molar-refractivity contribution in [3.63, 3.8) is 0 Å². The van der Waals surface area contributed by atoms with E-state index in [4.69, 9.17) is 4.74 Å². The summed E-state index contributed by atoms with van der Waals surface area (Å²) in [6, 6.07) is 8.94. The molecule has 4 rings (SSSR count). The second-order valence-electron chi connectivity index (χ2n) is 7.02. The normalized spacial score (nSPS) is 17.0. The molecule has 27 heavy (non-hydrogen) atoms. The van der Waals surface area contributed by atoms with Crippen molar-refractivity contribution < 1.29 is 13.9 Å². The molecule has 6 heteroatoms. The molecule has 0 bridgehead atoms. The van der Waals surface area contributed by atoms with Gasteiger partial charge in [-0.3, -0.25) is 9.78 Å². The zero-order chi connectivity index (χ0) is 19.0. The number of rotatable bonds is 4. The van der Waals surface area contributed by atoms with Crippen molar-refractivity contribution in [1.29, 1.82) is 0 Å². The molecule has 1 fully saturated rings. The van der Waals surface area contributed by atoms with Crippen LogP contribution < -0.4 is 0 Å². The molecule has 5 nitrogen and oxygen atoms in total. The molecule has 1 unspecified atom stereocenters. The second-order valence-corrected chi connectivity index (χ2v) is 7.02. The smallest absolute Gasteiger partial charge is 0.242 e. The Kier molecular flexibility index (Phi) is 4.66. The SMILES string of the molecule is COC1CCN(C(=O)Cn2ccc3ncc(-c4ccc(F)c(C)c4)cc32)C1. The number of halogens is 1. The number of amides is 1. The van der Waals surface area contributed by atoms with E-state index in [1.54, 1.807) is 26.3 Å². The average Bonchev–Trinajstić information content (AvgIpc) is 3.31. The number of carbonyl (C=O) groups is 1. The minimum absolute atomic E-state index is 0.0788. The van der Waals surface area contributed by atoms with E-state index in [2.05, 4.69) is 4.98 Å². The number of ether oxygens (including phenoxy) is 1. The minimum atomic E-state index is -0.221. The van der Waals surface area contributed by atoms with Crippen molar-refractivity contribution in [3.05, 3.63) is 54.1 Å². The van der Waals surface area contributed by atoms with Crippen LogP contribution in [-0.2, 0) is 16.1 Å². The predicted octanol–water partition coefficient (Wildman–Crippen LogP) is 3.40. The molecule has 1 aromatic carbocycles. The monoisotopic (exact) mass is 367 g/mol. The first kappa shape index (κ1) is 17.7. The standard InChI is InChI=1S/C21H22FN3O2/c1-14-9-15(3-4-18(14)22)16-10-20-19(23-11-16)6-8-24(20)13-21(26)25-7-5-17(12-25)27-2/h3-4,6,8-11,17H,5,7,12-13H2,1-2H3. The summed E-state index contributed by atoms with van der Waals surface area (Å²) in [5.74, 6) is -0.142. The zero-order valence-electron chi connectivity index (χ0n) is 15.5. The van der Waals surface area contributed by atoms with E-state index < -0.39 is 0 Å². The van der Waals surface area contributed by atoms with Crippen LogP contribution in [0, 0.1) is 12.7 Å². The first-order valence-electron chi connectivity index (χ1n) is 9.07. The number of aryl methyl sites for hydroxylation is 1. The Bertz CT molecular complexity index is 998. The molecule has 0 spiro atoms. The number of pyridine rings is 1. The molecule has 1 amide bonds. The number of aromatic nitrogens is 2. The highest BCUT2D eigenvalue weighted by molar-refractivity contribution is 5.84. The largest absolute Gasteiger partial charge is 0.380 e. The van der Waals surface area contributed by atoms with Gasteiger partial charge in [0.25, 0.3) is 0 Å². The van der Waals surface area contributed by atoms with Gasteiger partial charge in [-0.15, -0.1) is 0 Å². The van der Waals surface area contributed by atoms with Crippen LogP contribution in [-0.4, -0.2) is 46.7 Å². The van der Waals surface area contributed by atoms with Gasteiger partial charge in [0.15, 0.2) is 0 Å². The number of carbonyl (C=O) groups excluding carboxylic acids is 1. The van der Waals surface area contributed by atoms with E-state index >= 15 is 0 Å². The van der Waals surface area contributed by atoms with Crippen molar-refractivity contribution in [2.24, 2.45) is 0 Å². The van der Waals surface area contributed by atoms with Crippen LogP contribution in [0.4, 0.5) is 4.39 Å². The summed E-state index contributed by atoms with van der Waals surface area (Å²) in [7, 11) is 1.68. The Morgan fingerprint density at radius 3 is 2.89 bits per heavy atom. The van der Waals surface area contributed by atoms with E-state index in [9.17, 15) is 9.18 Å². The van der Waals surface area contributed by atoms with Crippen molar-refractivity contribution in [2.45, 2.75) is 26.0 Å². The van der Waals surface area contributed by atoms with Gasteiger partial charge >= 0.3 is 0 Å². The van der Waals surface area contributed by atoms with Gasteiger partial charge in [-0.1, -0.05) is 6.07 Å². The van der Waals surface area contributed by atoms with E-state index in [1.165, 1.54) is 6.07 Å². The maximum Gasteiger partial charge on any atom is 0.242 e. The third-order valence-corrected chi connectivity index (χ3v) is 5.25. The summed E-state index contributed by atoms with van der Waals surface area (Å²) in [4.78, 5) is 19.0. The Morgan fingerprint density at radius 1 is 1.30 bits per heavy atom. The molecule has 3 aromatic rings. The zero-order valence-corrected chi connectivity index (χ0v) is 15.5. The summed E-state index contributed by atoms with van der Waals surface area (Å²) in [6.07, 6.45) is 4.68. The fourth-order valence-corrected chi connectivity index (χ4v) is 3.58. The number of hydrogen-bond acceptors (Lipinski definition) is 3. The summed E-state index contributed by atoms with van der Waals surface area (Å²) < 4.78 is 20.8. The molecule has 1 saturated heterocycles. The minimum Gasteiger partial charge on any atom is -0.380 e. The van der Waals surface area contributed by atoms with Crippen LogP contribution in [0.25, 0.3) is 22.2 Å². The lowest BCUT2D eigenvalue weighted by atomic mass is 10.0. The molecule has 0 radical (unpaired) electrons. The van der Waals surface area contributed by atoms with E-state index in [-0.39, 0.29) is 24.4 Å². The fraction of sp³-hybridized carbons (Fsp3) is 0.333. The first-order chi connectivity index (χ1) is 13.0. The van der Waals surface area contributed by atoms with Crippen LogP contribution in [0.15, 0.2) is 42.7 Å². The van der Waals surface area contributed by atoms with Crippen molar-refractivity contribution in [2.75, 3.05) is 20.2 Å². The molecular formula is C21H22FN3O2. The van der Waals surface area contributed by atoms with Gasteiger partial charge in [-0.05, 0) is 48.7 Å². The number of fused-ring (bicyclic) bond motifs is 1. The van der Waals surface area contributed by atoms with Crippen LogP contribution in [0.2, 0.25) is 0 Å². The number of likely N-dealkylation sites (tertiary alicyclic amines) is 1. The second kappa shape index (κ2) is 7.12. The summed E-state index contributed by atoms with van der Waals surface area (Å²) >= 11 is 0. The maximum absolute atomic E-state index is 13.6. The third kappa shape index (κ3) is 3.45. The van der Waals surface area contributed by atoms with Crippen molar-refractivity contribution in [3.8, 4) is 11.1 Å². The Hall–Kier alpha value is -2.73. The van der Waals surface area contributed by atoms with Gasteiger partial charge in [-0.25, -0.2) is 4.39 Å². The highest BCUT2D eigenvalue weighted by atomic mass is 19.1. The molecule has 0 saturated carbocycles. The average molecular weight is 367 g/mol. The molecule has 0 aliphatic carbocycles. The Morgan fingerprint density at radius 2 is 2.15 bits per heavy atom. The van der Waals surface area contributed by atoms with Crippen molar-refractivity contribution >= 4 is 16.9 Å². The number of methoxy groups -OCH3 is 1. The van der Waals surface area contributed by atoms with Crippen molar-refractivity contribution in [1.82, 2.24) is 14.5 Å². The molecule has 1 aliphatic rings. The molecule has 140 valence electrons. The summed E-state index contributed by atoms with van der Waals surface area (Å²) in [5, 5.41) is 0. The van der Waals surface area contributed by atoms with Crippen LogP contribution in [0.3, 0.4) is 0 Å². The topological polar surface area (TPSA) is 47.4 Å². The number of nitrogens with zero attached hydrogens (tertiary/aromatic N) is 3. The lowest BCUT2D eigenvalue weighted by Gasteiger charge is -2.17. The molecule has 1 atom stereocenters. The Balaban J connectivity index is 1.60. The molecule has 3 heterocycles.